The Morgan fingerprint density at radius 3 is 3.16 bits per heavy atom. The SMILES string of the molecule is CCN1CCCC(C)(C(=O)NCCc2ccn[nH]2)C1. The molecule has 1 aliphatic rings. The molecule has 0 saturated carbocycles. The highest BCUT2D eigenvalue weighted by atomic mass is 16.2. The van der Waals surface area contributed by atoms with Gasteiger partial charge in [0.05, 0.1) is 5.41 Å². The average molecular weight is 264 g/mol. The summed E-state index contributed by atoms with van der Waals surface area (Å²) in [6, 6.07) is 1.94. The fourth-order valence-electron chi connectivity index (χ4n) is 2.75. The van der Waals surface area contributed by atoms with Crippen LogP contribution in [0.15, 0.2) is 12.3 Å². The molecule has 1 aliphatic heterocycles. The first-order valence-corrected chi connectivity index (χ1v) is 7.13. The molecule has 1 saturated heterocycles. The lowest BCUT2D eigenvalue weighted by Gasteiger charge is -2.38. The highest BCUT2D eigenvalue weighted by molar-refractivity contribution is 5.82. The highest BCUT2D eigenvalue weighted by Gasteiger charge is 2.36. The first kappa shape index (κ1) is 14.1. The lowest BCUT2D eigenvalue weighted by molar-refractivity contribution is -0.133. The second-order valence-corrected chi connectivity index (χ2v) is 5.62. The zero-order chi connectivity index (χ0) is 13.7. The zero-order valence-corrected chi connectivity index (χ0v) is 11.9. The van der Waals surface area contributed by atoms with Crippen molar-refractivity contribution in [1.82, 2.24) is 20.4 Å². The van der Waals surface area contributed by atoms with Gasteiger partial charge in [0.15, 0.2) is 0 Å². The summed E-state index contributed by atoms with van der Waals surface area (Å²) < 4.78 is 0. The normalized spacial score (nSPS) is 24.3. The number of carbonyl (C=O) groups excluding carboxylic acids is 1. The van der Waals surface area contributed by atoms with E-state index in [1.165, 1.54) is 0 Å². The van der Waals surface area contributed by atoms with Gasteiger partial charge in [0, 0.05) is 31.4 Å². The number of nitrogens with one attached hydrogen (secondary N) is 2. The van der Waals surface area contributed by atoms with Crippen LogP contribution in [0.2, 0.25) is 0 Å². The largest absolute Gasteiger partial charge is 0.355 e. The van der Waals surface area contributed by atoms with E-state index in [0.717, 1.165) is 44.6 Å². The van der Waals surface area contributed by atoms with E-state index in [1.54, 1.807) is 6.20 Å². The molecule has 1 atom stereocenters. The minimum atomic E-state index is -0.234. The number of hydrogen-bond acceptors (Lipinski definition) is 3. The fraction of sp³-hybridized carbons (Fsp3) is 0.714. The topological polar surface area (TPSA) is 61.0 Å². The van der Waals surface area contributed by atoms with Crippen LogP contribution in [0, 0.1) is 5.41 Å². The van der Waals surface area contributed by atoms with Gasteiger partial charge in [-0.2, -0.15) is 5.10 Å². The minimum Gasteiger partial charge on any atom is -0.355 e. The lowest BCUT2D eigenvalue weighted by Crippen LogP contribution is -2.50. The third-order valence-electron chi connectivity index (χ3n) is 4.01. The molecule has 1 amide bonds. The maximum absolute atomic E-state index is 12.3. The molecular formula is C14H24N4O. The molecule has 5 heteroatoms. The van der Waals surface area contributed by atoms with E-state index in [2.05, 4.69) is 34.3 Å². The molecule has 1 aromatic rings. The van der Waals surface area contributed by atoms with E-state index in [-0.39, 0.29) is 11.3 Å². The van der Waals surface area contributed by atoms with Gasteiger partial charge < -0.3 is 10.2 Å². The molecule has 106 valence electrons. The Kier molecular flexibility index (Phi) is 4.58. The van der Waals surface area contributed by atoms with Crippen LogP contribution in [0.25, 0.3) is 0 Å². The van der Waals surface area contributed by atoms with Crippen molar-refractivity contribution in [3.05, 3.63) is 18.0 Å². The molecule has 2 heterocycles. The van der Waals surface area contributed by atoms with Gasteiger partial charge in [-0.05, 0) is 38.9 Å². The Balaban J connectivity index is 1.81. The number of carbonyl (C=O) groups is 1. The smallest absolute Gasteiger partial charge is 0.227 e. The number of nitrogens with zero attached hydrogens (tertiary/aromatic N) is 2. The Morgan fingerprint density at radius 1 is 1.63 bits per heavy atom. The van der Waals surface area contributed by atoms with Crippen LogP contribution >= 0.6 is 0 Å². The summed E-state index contributed by atoms with van der Waals surface area (Å²) in [4.78, 5) is 14.7. The number of H-pyrrole nitrogens is 1. The van der Waals surface area contributed by atoms with Crippen molar-refractivity contribution >= 4 is 5.91 Å². The van der Waals surface area contributed by atoms with Crippen molar-refractivity contribution in [2.45, 2.75) is 33.1 Å². The van der Waals surface area contributed by atoms with Crippen LogP contribution in [0.1, 0.15) is 32.4 Å². The molecule has 0 bridgehead atoms. The van der Waals surface area contributed by atoms with E-state index in [1.807, 2.05) is 6.07 Å². The van der Waals surface area contributed by atoms with Crippen molar-refractivity contribution in [3.63, 3.8) is 0 Å². The molecular weight excluding hydrogens is 240 g/mol. The molecule has 5 nitrogen and oxygen atoms in total. The summed E-state index contributed by atoms with van der Waals surface area (Å²) in [6.07, 6.45) is 4.63. The van der Waals surface area contributed by atoms with E-state index in [9.17, 15) is 4.79 Å². The number of rotatable bonds is 5. The number of aromatic nitrogens is 2. The van der Waals surface area contributed by atoms with Crippen molar-refractivity contribution < 1.29 is 4.79 Å². The molecule has 2 rings (SSSR count). The van der Waals surface area contributed by atoms with E-state index >= 15 is 0 Å². The third kappa shape index (κ3) is 3.56. The van der Waals surface area contributed by atoms with E-state index in [4.69, 9.17) is 0 Å². The van der Waals surface area contributed by atoms with Gasteiger partial charge in [-0.3, -0.25) is 9.89 Å². The standard InChI is InChI=1S/C14H24N4O/c1-3-18-10-4-7-14(2,11-18)13(19)15-8-5-12-6-9-16-17-12/h6,9H,3-5,7-8,10-11H2,1-2H3,(H,15,19)(H,16,17). The van der Waals surface area contributed by atoms with Crippen LogP contribution < -0.4 is 5.32 Å². The summed E-state index contributed by atoms with van der Waals surface area (Å²) in [6.45, 7) is 7.93. The van der Waals surface area contributed by atoms with Crippen LogP contribution in [-0.4, -0.2) is 47.2 Å². The second kappa shape index (κ2) is 6.19. The van der Waals surface area contributed by atoms with Gasteiger partial charge in [-0.1, -0.05) is 6.92 Å². The minimum absolute atomic E-state index is 0.185. The van der Waals surface area contributed by atoms with Crippen molar-refractivity contribution in [1.29, 1.82) is 0 Å². The monoisotopic (exact) mass is 264 g/mol. The molecule has 1 fully saturated rings. The first-order valence-electron chi connectivity index (χ1n) is 7.13. The molecule has 0 aliphatic carbocycles. The number of piperidine rings is 1. The van der Waals surface area contributed by atoms with Crippen LogP contribution in [0.3, 0.4) is 0 Å². The van der Waals surface area contributed by atoms with Crippen molar-refractivity contribution in [2.24, 2.45) is 5.41 Å². The zero-order valence-electron chi connectivity index (χ0n) is 11.9. The summed E-state index contributed by atoms with van der Waals surface area (Å²) in [5.74, 6) is 0.185. The Hall–Kier alpha value is -1.36. The molecule has 0 aromatic carbocycles. The first-order chi connectivity index (χ1) is 9.14. The summed E-state index contributed by atoms with van der Waals surface area (Å²) in [5.41, 5.74) is 0.826. The number of amides is 1. The van der Waals surface area contributed by atoms with Gasteiger partial charge in [-0.15, -0.1) is 0 Å². The molecule has 19 heavy (non-hydrogen) atoms. The average Bonchev–Trinajstić information content (AvgIpc) is 2.91. The van der Waals surface area contributed by atoms with Gasteiger partial charge in [0.2, 0.25) is 5.91 Å². The maximum atomic E-state index is 12.3. The highest BCUT2D eigenvalue weighted by Crippen LogP contribution is 2.29. The number of aromatic amines is 1. The molecule has 2 N–H and O–H groups in total. The van der Waals surface area contributed by atoms with Crippen LogP contribution in [0.5, 0.6) is 0 Å². The predicted octanol–water partition coefficient (Wildman–Crippen LogP) is 1.19. The van der Waals surface area contributed by atoms with E-state index in [0.29, 0.717) is 6.54 Å². The summed E-state index contributed by atoms with van der Waals surface area (Å²) in [5, 5.41) is 9.87. The van der Waals surface area contributed by atoms with Crippen molar-refractivity contribution in [2.75, 3.05) is 26.2 Å². The third-order valence-corrected chi connectivity index (χ3v) is 4.01. The number of likely N-dealkylation sites (tertiary alicyclic amines) is 1. The fourth-order valence-corrected chi connectivity index (χ4v) is 2.75. The quantitative estimate of drug-likeness (QED) is 0.840. The van der Waals surface area contributed by atoms with Crippen LogP contribution in [-0.2, 0) is 11.2 Å². The molecule has 1 unspecified atom stereocenters. The summed E-state index contributed by atoms with van der Waals surface area (Å²) in [7, 11) is 0. The van der Waals surface area contributed by atoms with Crippen molar-refractivity contribution in [3.8, 4) is 0 Å². The second-order valence-electron chi connectivity index (χ2n) is 5.62. The predicted molar refractivity (Wildman–Crippen MR) is 74.8 cm³/mol. The van der Waals surface area contributed by atoms with Gasteiger partial charge in [-0.25, -0.2) is 0 Å². The van der Waals surface area contributed by atoms with E-state index < -0.39 is 0 Å². The Labute approximate surface area is 114 Å². The Bertz CT molecular complexity index is 404. The van der Waals surface area contributed by atoms with Gasteiger partial charge in [0.1, 0.15) is 0 Å². The lowest BCUT2D eigenvalue weighted by atomic mass is 9.81. The number of hydrogen-bond donors (Lipinski definition) is 2. The Morgan fingerprint density at radius 2 is 2.47 bits per heavy atom. The maximum Gasteiger partial charge on any atom is 0.227 e. The van der Waals surface area contributed by atoms with Crippen LogP contribution in [0.4, 0.5) is 0 Å². The van der Waals surface area contributed by atoms with Gasteiger partial charge >= 0.3 is 0 Å². The van der Waals surface area contributed by atoms with Gasteiger partial charge in [0.25, 0.3) is 0 Å². The summed E-state index contributed by atoms with van der Waals surface area (Å²) >= 11 is 0. The molecule has 1 aromatic heterocycles. The molecule has 0 spiro atoms. The molecule has 0 radical (unpaired) electrons.